The van der Waals surface area contributed by atoms with Gasteiger partial charge in [-0.15, -0.1) is 0 Å². The van der Waals surface area contributed by atoms with E-state index in [0.717, 1.165) is 43.8 Å². The number of carboxylic acids is 1. The summed E-state index contributed by atoms with van der Waals surface area (Å²) in [6.07, 6.45) is -1.80. The van der Waals surface area contributed by atoms with Crippen LogP contribution in [-0.2, 0) is 19.9 Å². The molecule has 1 amide bonds. The SMILES string of the molecule is COc1ccc(C(OC(C)N(CC(=O)O)C(=O)OCC2c3ccccc3-c3ccccc32)(c2ccccc2)c2ccccc2)cc1. The molecule has 1 aliphatic carbocycles. The molecule has 0 aromatic heterocycles. The molecule has 0 fully saturated rings. The maximum atomic E-state index is 13.8. The van der Waals surface area contributed by atoms with E-state index in [4.69, 9.17) is 14.2 Å². The van der Waals surface area contributed by atoms with E-state index < -0.39 is 30.4 Å². The summed E-state index contributed by atoms with van der Waals surface area (Å²) in [5.41, 5.74) is 5.52. The number of fused-ring (bicyclic) bond motifs is 3. The van der Waals surface area contributed by atoms with Gasteiger partial charge in [-0.1, -0.05) is 121 Å². The van der Waals surface area contributed by atoms with Crippen molar-refractivity contribution in [2.24, 2.45) is 0 Å². The molecule has 7 heteroatoms. The lowest BCUT2D eigenvalue weighted by Crippen LogP contribution is -2.48. The molecule has 0 heterocycles. The van der Waals surface area contributed by atoms with E-state index in [-0.39, 0.29) is 12.5 Å². The molecule has 1 N–H and O–H groups in total. The van der Waals surface area contributed by atoms with Gasteiger partial charge in [-0.3, -0.25) is 9.69 Å². The number of ether oxygens (including phenoxy) is 3. The number of benzene rings is 5. The van der Waals surface area contributed by atoms with Gasteiger partial charge >= 0.3 is 12.1 Å². The largest absolute Gasteiger partial charge is 0.497 e. The fourth-order valence-corrected chi connectivity index (χ4v) is 6.36. The van der Waals surface area contributed by atoms with Gasteiger partial charge in [0.15, 0.2) is 0 Å². The Bertz CT molecular complexity index is 1720. The van der Waals surface area contributed by atoms with Crippen LogP contribution in [0.4, 0.5) is 4.79 Å². The van der Waals surface area contributed by atoms with Crippen molar-refractivity contribution in [2.45, 2.75) is 24.7 Å². The molecule has 1 aliphatic rings. The summed E-state index contributed by atoms with van der Waals surface area (Å²) in [4.78, 5) is 27.1. The summed E-state index contributed by atoms with van der Waals surface area (Å²) in [6.45, 7) is 1.12. The van der Waals surface area contributed by atoms with Crippen LogP contribution in [0.5, 0.6) is 5.75 Å². The van der Waals surface area contributed by atoms with Crippen molar-refractivity contribution in [2.75, 3.05) is 20.3 Å². The van der Waals surface area contributed by atoms with Gasteiger partial charge in [0.2, 0.25) is 0 Å². The molecular formula is C39H35NO6. The van der Waals surface area contributed by atoms with Crippen molar-refractivity contribution >= 4 is 12.1 Å². The van der Waals surface area contributed by atoms with Crippen molar-refractivity contribution in [1.29, 1.82) is 0 Å². The molecule has 6 rings (SSSR count). The van der Waals surface area contributed by atoms with E-state index >= 15 is 0 Å². The minimum Gasteiger partial charge on any atom is -0.497 e. The lowest BCUT2D eigenvalue weighted by atomic mass is 9.80. The lowest BCUT2D eigenvalue weighted by Gasteiger charge is -2.40. The van der Waals surface area contributed by atoms with Crippen LogP contribution in [0, 0.1) is 0 Å². The second-order valence-electron chi connectivity index (χ2n) is 11.2. The van der Waals surface area contributed by atoms with Crippen LogP contribution in [0.15, 0.2) is 133 Å². The van der Waals surface area contributed by atoms with Crippen LogP contribution < -0.4 is 4.74 Å². The predicted molar refractivity (Wildman–Crippen MR) is 176 cm³/mol. The second-order valence-corrected chi connectivity index (χ2v) is 11.2. The number of rotatable bonds is 11. The summed E-state index contributed by atoms with van der Waals surface area (Å²) >= 11 is 0. The highest BCUT2D eigenvalue weighted by Crippen LogP contribution is 2.45. The Labute approximate surface area is 268 Å². The number of nitrogens with zero attached hydrogens (tertiary/aromatic N) is 1. The highest BCUT2D eigenvalue weighted by Gasteiger charge is 2.42. The van der Waals surface area contributed by atoms with E-state index in [1.165, 1.54) is 0 Å². The first-order chi connectivity index (χ1) is 22.4. The standard InChI is InChI=1S/C39H35NO6/c1-27(40(25-37(41)42)38(43)45-26-36-34-19-11-9-17-32(34)33-18-10-12-20-35(33)36)46-39(28-13-5-3-6-14-28,29-15-7-4-8-16-29)30-21-23-31(44-2)24-22-30/h3-24,27,36H,25-26H2,1-2H3,(H,41,42). The smallest absolute Gasteiger partial charge is 0.412 e. The number of amides is 1. The van der Waals surface area contributed by atoms with Crippen LogP contribution in [-0.4, -0.2) is 48.6 Å². The second kappa shape index (κ2) is 13.3. The molecule has 5 aromatic carbocycles. The van der Waals surface area contributed by atoms with Crippen molar-refractivity contribution < 1.29 is 28.9 Å². The fraction of sp³-hybridized carbons (Fsp3) is 0.179. The maximum absolute atomic E-state index is 13.8. The zero-order valence-electron chi connectivity index (χ0n) is 25.7. The molecule has 0 radical (unpaired) electrons. The number of carbonyl (C=O) groups is 2. The molecule has 5 aromatic rings. The van der Waals surface area contributed by atoms with E-state index in [0.29, 0.717) is 5.75 Å². The van der Waals surface area contributed by atoms with Gasteiger partial charge < -0.3 is 19.3 Å². The summed E-state index contributed by atoms with van der Waals surface area (Å²) in [7, 11) is 1.60. The Morgan fingerprint density at radius 2 is 1.20 bits per heavy atom. The van der Waals surface area contributed by atoms with Gasteiger partial charge in [-0.05, 0) is 58.0 Å². The molecule has 0 bridgehead atoms. The fourth-order valence-electron chi connectivity index (χ4n) is 6.36. The van der Waals surface area contributed by atoms with E-state index in [1.807, 2.05) is 121 Å². The third-order valence-electron chi connectivity index (χ3n) is 8.52. The quantitative estimate of drug-likeness (QED) is 0.121. The average molecular weight is 614 g/mol. The minimum absolute atomic E-state index is 0.0523. The first-order valence-corrected chi connectivity index (χ1v) is 15.2. The molecular weight excluding hydrogens is 578 g/mol. The van der Waals surface area contributed by atoms with Crippen molar-refractivity contribution in [3.05, 3.63) is 161 Å². The van der Waals surface area contributed by atoms with E-state index in [1.54, 1.807) is 14.0 Å². The summed E-state index contributed by atoms with van der Waals surface area (Å²) in [5, 5.41) is 9.91. The zero-order valence-corrected chi connectivity index (χ0v) is 25.7. The third-order valence-corrected chi connectivity index (χ3v) is 8.52. The Kier molecular flexibility index (Phi) is 8.85. The number of aliphatic carboxylic acids is 1. The molecule has 1 unspecified atom stereocenters. The highest BCUT2D eigenvalue weighted by atomic mass is 16.6. The topological polar surface area (TPSA) is 85.3 Å². The number of methoxy groups -OCH3 is 1. The number of carboxylic acid groups (broad SMARTS) is 1. The monoisotopic (exact) mass is 613 g/mol. The zero-order chi connectivity index (χ0) is 32.1. The van der Waals surface area contributed by atoms with E-state index in [2.05, 4.69) is 12.1 Å². The van der Waals surface area contributed by atoms with Gasteiger partial charge in [0.05, 0.1) is 7.11 Å². The molecule has 0 aliphatic heterocycles. The van der Waals surface area contributed by atoms with Crippen LogP contribution in [0.2, 0.25) is 0 Å². The Balaban J connectivity index is 1.35. The first-order valence-electron chi connectivity index (χ1n) is 15.2. The third kappa shape index (κ3) is 5.85. The Hall–Kier alpha value is -5.40. The van der Waals surface area contributed by atoms with Crippen LogP contribution in [0.25, 0.3) is 11.1 Å². The average Bonchev–Trinajstić information content (AvgIpc) is 3.42. The van der Waals surface area contributed by atoms with Gasteiger partial charge in [0, 0.05) is 5.92 Å². The molecule has 0 spiro atoms. The van der Waals surface area contributed by atoms with Crippen LogP contribution >= 0.6 is 0 Å². The van der Waals surface area contributed by atoms with Gasteiger partial charge in [-0.2, -0.15) is 0 Å². The van der Waals surface area contributed by atoms with Crippen LogP contribution in [0.1, 0.15) is 40.7 Å². The minimum atomic E-state index is -1.21. The Morgan fingerprint density at radius 3 is 1.70 bits per heavy atom. The molecule has 0 saturated heterocycles. The number of hydrogen-bond acceptors (Lipinski definition) is 5. The van der Waals surface area contributed by atoms with Crippen molar-refractivity contribution in [3.8, 4) is 16.9 Å². The predicted octanol–water partition coefficient (Wildman–Crippen LogP) is 7.69. The van der Waals surface area contributed by atoms with Gasteiger partial charge in [-0.25, -0.2) is 4.79 Å². The lowest BCUT2D eigenvalue weighted by molar-refractivity contribution is -0.146. The molecule has 1 atom stereocenters. The normalized spacial score (nSPS) is 12.9. The maximum Gasteiger partial charge on any atom is 0.412 e. The summed E-state index contributed by atoms with van der Waals surface area (Å²) < 4.78 is 18.3. The Morgan fingerprint density at radius 1 is 0.717 bits per heavy atom. The van der Waals surface area contributed by atoms with Gasteiger partial charge in [0.25, 0.3) is 0 Å². The molecule has 0 saturated carbocycles. The number of carbonyl (C=O) groups excluding carboxylic acids is 1. The highest BCUT2D eigenvalue weighted by molar-refractivity contribution is 5.80. The van der Waals surface area contributed by atoms with Gasteiger partial charge in [0.1, 0.15) is 30.7 Å². The number of hydrogen-bond donors (Lipinski definition) is 1. The first kappa shape index (κ1) is 30.6. The molecule has 7 nitrogen and oxygen atoms in total. The summed E-state index contributed by atoms with van der Waals surface area (Å²) in [5.74, 6) is -0.678. The summed E-state index contributed by atoms with van der Waals surface area (Å²) in [6, 6.07) is 43.0. The molecule has 46 heavy (non-hydrogen) atoms. The molecule has 232 valence electrons. The van der Waals surface area contributed by atoms with E-state index in [9.17, 15) is 14.7 Å². The van der Waals surface area contributed by atoms with Crippen LogP contribution in [0.3, 0.4) is 0 Å². The van der Waals surface area contributed by atoms with Crippen molar-refractivity contribution in [1.82, 2.24) is 4.90 Å². The van der Waals surface area contributed by atoms with Crippen molar-refractivity contribution in [3.63, 3.8) is 0 Å².